The van der Waals surface area contributed by atoms with E-state index in [0.717, 1.165) is 5.92 Å². The summed E-state index contributed by atoms with van der Waals surface area (Å²) in [6.07, 6.45) is 4.09. The van der Waals surface area contributed by atoms with Gasteiger partial charge in [0.05, 0.1) is 0 Å². The minimum Gasteiger partial charge on any atom is -0.271 e. The highest BCUT2D eigenvalue weighted by molar-refractivity contribution is 5.30. The second kappa shape index (κ2) is 5.85. The minimum atomic E-state index is 0.255. The lowest BCUT2D eigenvalue weighted by Gasteiger charge is -2.29. The number of benzene rings is 1. The molecule has 0 aliphatic heterocycles. The van der Waals surface area contributed by atoms with Crippen molar-refractivity contribution in [1.82, 2.24) is 5.43 Å². The molecule has 2 unspecified atom stereocenters. The molecule has 0 spiro atoms. The lowest BCUT2D eigenvalue weighted by Crippen LogP contribution is -2.34. The summed E-state index contributed by atoms with van der Waals surface area (Å²) in [5.41, 5.74) is 5.83. The molecule has 1 saturated carbocycles. The zero-order valence-electron chi connectivity index (χ0n) is 11.8. The summed E-state index contributed by atoms with van der Waals surface area (Å²) in [4.78, 5) is 0. The molecule has 18 heavy (non-hydrogen) atoms. The molecule has 3 N–H and O–H groups in total. The summed E-state index contributed by atoms with van der Waals surface area (Å²) < 4.78 is 0. The lowest BCUT2D eigenvalue weighted by atomic mass is 9.78. The van der Waals surface area contributed by atoms with Gasteiger partial charge in [-0.25, -0.2) is 0 Å². The molecule has 2 rings (SSSR count). The third-order valence-electron chi connectivity index (χ3n) is 4.60. The first-order valence-corrected chi connectivity index (χ1v) is 7.19. The van der Waals surface area contributed by atoms with Gasteiger partial charge in [0.25, 0.3) is 0 Å². The van der Waals surface area contributed by atoms with Crippen LogP contribution in [0.15, 0.2) is 24.3 Å². The average Bonchev–Trinajstić information content (AvgIpc) is 2.28. The van der Waals surface area contributed by atoms with Gasteiger partial charge in [0.15, 0.2) is 0 Å². The van der Waals surface area contributed by atoms with E-state index in [1.807, 2.05) is 0 Å². The maximum atomic E-state index is 5.77. The molecule has 2 atom stereocenters. The van der Waals surface area contributed by atoms with Crippen molar-refractivity contribution in [1.29, 1.82) is 0 Å². The standard InChI is InChI=1S/C16H26N2/c1-11(2)12(3)16(18-17)15-9-5-8-14(10-15)13-6-4-7-13/h5,8-13,16,18H,4,6-7,17H2,1-3H3. The third-order valence-corrected chi connectivity index (χ3v) is 4.60. The smallest absolute Gasteiger partial charge is 0.0488 e. The van der Waals surface area contributed by atoms with Crippen molar-refractivity contribution in [3.8, 4) is 0 Å². The Kier molecular flexibility index (Phi) is 4.41. The lowest BCUT2D eigenvalue weighted by molar-refractivity contribution is 0.306. The topological polar surface area (TPSA) is 38.0 Å². The molecule has 1 aromatic carbocycles. The molecule has 0 bridgehead atoms. The van der Waals surface area contributed by atoms with Gasteiger partial charge >= 0.3 is 0 Å². The van der Waals surface area contributed by atoms with Crippen molar-refractivity contribution in [2.45, 2.75) is 52.0 Å². The van der Waals surface area contributed by atoms with E-state index in [1.165, 1.54) is 30.4 Å². The van der Waals surface area contributed by atoms with E-state index < -0.39 is 0 Å². The van der Waals surface area contributed by atoms with Crippen LogP contribution in [0.5, 0.6) is 0 Å². The van der Waals surface area contributed by atoms with Crippen molar-refractivity contribution in [2.75, 3.05) is 0 Å². The summed E-state index contributed by atoms with van der Waals surface area (Å²) in [7, 11) is 0. The predicted molar refractivity (Wildman–Crippen MR) is 77.1 cm³/mol. The maximum Gasteiger partial charge on any atom is 0.0488 e. The number of rotatable bonds is 5. The summed E-state index contributed by atoms with van der Waals surface area (Å²) in [5, 5.41) is 0. The third kappa shape index (κ3) is 2.76. The molecule has 0 amide bonds. The van der Waals surface area contributed by atoms with Gasteiger partial charge in [-0.3, -0.25) is 11.3 Å². The molecule has 2 nitrogen and oxygen atoms in total. The van der Waals surface area contributed by atoms with Gasteiger partial charge in [-0.2, -0.15) is 0 Å². The fourth-order valence-electron chi connectivity index (χ4n) is 2.68. The Morgan fingerprint density at radius 2 is 1.94 bits per heavy atom. The second-order valence-electron chi connectivity index (χ2n) is 6.05. The average molecular weight is 246 g/mol. The van der Waals surface area contributed by atoms with Crippen LogP contribution < -0.4 is 11.3 Å². The Bertz CT molecular complexity index is 382. The Balaban J connectivity index is 2.19. The fourth-order valence-corrected chi connectivity index (χ4v) is 2.68. The Labute approximate surface area is 111 Å². The predicted octanol–water partition coefficient (Wildman–Crippen LogP) is 3.75. The van der Waals surface area contributed by atoms with Crippen LogP contribution >= 0.6 is 0 Å². The summed E-state index contributed by atoms with van der Waals surface area (Å²) in [6, 6.07) is 9.25. The highest BCUT2D eigenvalue weighted by Gasteiger charge is 2.23. The van der Waals surface area contributed by atoms with Crippen LogP contribution in [0.3, 0.4) is 0 Å². The van der Waals surface area contributed by atoms with Crippen LogP contribution in [0.25, 0.3) is 0 Å². The Hall–Kier alpha value is -0.860. The van der Waals surface area contributed by atoms with Crippen molar-refractivity contribution < 1.29 is 0 Å². The highest BCUT2D eigenvalue weighted by atomic mass is 15.2. The van der Waals surface area contributed by atoms with Gasteiger partial charge < -0.3 is 0 Å². The van der Waals surface area contributed by atoms with Gasteiger partial charge in [0.2, 0.25) is 0 Å². The Morgan fingerprint density at radius 1 is 1.22 bits per heavy atom. The Morgan fingerprint density at radius 3 is 2.44 bits per heavy atom. The first-order valence-electron chi connectivity index (χ1n) is 7.19. The van der Waals surface area contributed by atoms with E-state index in [1.54, 1.807) is 0 Å². The molecule has 0 radical (unpaired) electrons. The van der Waals surface area contributed by atoms with Gasteiger partial charge in [-0.1, -0.05) is 51.5 Å². The highest BCUT2D eigenvalue weighted by Crippen LogP contribution is 2.37. The first-order chi connectivity index (χ1) is 8.63. The molecule has 1 aliphatic rings. The minimum absolute atomic E-state index is 0.255. The molecular formula is C16H26N2. The molecule has 1 fully saturated rings. The molecular weight excluding hydrogens is 220 g/mol. The summed E-state index contributed by atoms with van der Waals surface area (Å²) in [6.45, 7) is 6.78. The van der Waals surface area contributed by atoms with Crippen LogP contribution in [0.1, 0.15) is 63.1 Å². The largest absolute Gasteiger partial charge is 0.271 e. The van der Waals surface area contributed by atoms with Crippen LogP contribution in [-0.2, 0) is 0 Å². The van der Waals surface area contributed by atoms with Crippen molar-refractivity contribution in [3.63, 3.8) is 0 Å². The maximum absolute atomic E-state index is 5.77. The van der Waals surface area contributed by atoms with E-state index in [2.05, 4.69) is 50.5 Å². The molecule has 0 saturated heterocycles. The van der Waals surface area contributed by atoms with Gasteiger partial charge in [0.1, 0.15) is 0 Å². The zero-order chi connectivity index (χ0) is 13.1. The van der Waals surface area contributed by atoms with E-state index >= 15 is 0 Å². The number of nitrogens with two attached hydrogens (primary N) is 1. The summed E-state index contributed by atoms with van der Waals surface area (Å²) >= 11 is 0. The number of hydrazine groups is 1. The number of hydrogen-bond donors (Lipinski definition) is 2. The van der Waals surface area contributed by atoms with Crippen molar-refractivity contribution >= 4 is 0 Å². The summed E-state index contributed by atoms with van der Waals surface area (Å²) in [5.74, 6) is 7.71. The van der Waals surface area contributed by atoms with Gasteiger partial charge in [-0.05, 0) is 41.7 Å². The molecule has 2 heteroatoms. The van der Waals surface area contributed by atoms with Gasteiger partial charge in [0, 0.05) is 6.04 Å². The molecule has 0 heterocycles. The van der Waals surface area contributed by atoms with Crippen molar-refractivity contribution in [2.24, 2.45) is 17.7 Å². The van der Waals surface area contributed by atoms with Crippen LogP contribution in [0.2, 0.25) is 0 Å². The van der Waals surface area contributed by atoms with E-state index in [0.29, 0.717) is 11.8 Å². The van der Waals surface area contributed by atoms with Gasteiger partial charge in [-0.15, -0.1) is 0 Å². The van der Waals surface area contributed by atoms with Crippen LogP contribution in [-0.4, -0.2) is 0 Å². The molecule has 0 aromatic heterocycles. The normalized spacial score (nSPS) is 19.6. The molecule has 1 aliphatic carbocycles. The molecule has 100 valence electrons. The number of hydrogen-bond acceptors (Lipinski definition) is 2. The van der Waals surface area contributed by atoms with E-state index in [-0.39, 0.29) is 6.04 Å². The zero-order valence-corrected chi connectivity index (χ0v) is 11.8. The molecule has 1 aromatic rings. The van der Waals surface area contributed by atoms with E-state index in [4.69, 9.17) is 5.84 Å². The SMILES string of the molecule is CC(C)C(C)C(NN)c1cccc(C2CCC2)c1. The van der Waals surface area contributed by atoms with Crippen molar-refractivity contribution in [3.05, 3.63) is 35.4 Å². The van der Waals surface area contributed by atoms with Crippen LogP contribution in [0.4, 0.5) is 0 Å². The first kappa shape index (κ1) is 13.6. The van der Waals surface area contributed by atoms with E-state index in [9.17, 15) is 0 Å². The van der Waals surface area contributed by atoms with Crippen LogP contribution in [0, 0.1) is 11.8 Å². The number of nitrogens with one attached hydrogen (secondary N) is 1. The second-order valence-corrected chi connectivity index (χ2v) is 6.05. The monoisotopic (exact) mass is 246 g/mol. The quantitative estimate of drug-likeness (QED) is 0.613. The fraction of sp³-hybridized carbons (Fsp3) is 0.625.